The molecule has 0 atom stereocenters. The number of pyridine rings is 3. The van der Waals surface area contributed by atoms with Gasteiger partial charge in [0.15, 0.2) is 11.5 Å². The quantitative estimate of drug-likeness (QED) is 0.203. The predicted octanol–water partition coefficient (Wildman–Crippen LogP) is 4.16. The monoisotopic (exact) mass is 597 g/mol. The number of imidazole rings is 1. The van der Waals surface area contributed by atoms with Crippen molar-refractivity contribution >= 4 is 43.7 Å². The van der Waals surface area contributed by atoms with Crippen LogP contribution in [-0.2, 0) is 21.4 Å². The van der Waals surface area contributed by atoms with Crippen LogP contribution in [0.1, 0.15) is 18.4 Å². The van der Waals surface area contributed by atoms with E-state index in [9.17, 15) is 17.6 Å². The summed E-state index contributed by atoms with van der Waals surface area (Å²) in [6, 6.07) is 9.81. The Hall–Kier alpha value is -5.08. The molecule has 1 aliphatic carbocycles. The summed E-state index contributed by atoms with van der Waals surface area (Å²) in [5, 5.41) is 11.0. The van der Waals surface area contributed by atoms with Gasteiger partial charge in [0, 0.05) is 47.7 Å². The normalized spacial score (nSPS) is 13.5. The van der Waals surface area contributed by atoms with Gasteiger partial charge < -0.3 is 10.3 Å². The van der Waals surface area contributed by atoms with Crippen molar-refractivity contribution in [2.75, 3.05) is 11.6 Å². The molecule has 1 aromatic carbocycles. The van der Waals surface area contributed by atoms with Gasteiger partial charge in [-0.15, -0.1) is 0 Å². The molecule has 12 nitrogen and oxygen atoms in total. The third-order valence-electron chi connectivity index (χ3n) is 7.10. The standard InChI is InChI=1S/C29H24FN9O3S/c1-43(41,42)34-11-15-6-17(8-20(30)7-15)24-26-23(4-5-32-24)36-28(37-26)25-22-10-19(13-33-27(22)39-38-25)18-9-21(14-31-12-18)35-29(40)16-2-3-16/h4-10,12-14,16,34H,2-3,11H2,1H3,(H,35,40)(H,36,37)(H,33,38,39). The lowest BCUT2D eigenvalue weighted by Gasteiger charge is -2.07. The molecule has 1 saturated carbocycles. The average molecular weight is 598 g/mol. The molecule has 7 rings (SSSR count). The number of anilines is 1. The molecule has 0 aliphatic heterocycles. The molecule has 0 radical (unpaired) electrons. The Kier molecular flexibility index (Phi) is 6.43. The Morgan fingerprint density at radius 1 is 1.05 bits per heavy atom. The van der Waals surface area contributed by atoms with E-state index in [0.717, 1.165) is 30.2 Å². The fourth-order valence-electron chi connectivity index (χ4n) is 4.86. The number of aromatic nitrogens is 7. The van der Waals surface area contributed by atoms with E-state index in [4.69, 9.17) is 4.98 Å². The minimum absolute atomic E-state index is 0.00317. The largest absolute Gasteiger partial charge is 0.337 e. The number of H-pyrrole nitrogens is 2. The number of hydrogen-bond acceptors (Lipinski definition) is 8. The number of rotatable bonds is 8. The minimum Gasteiger partial charge on any atom is -0.337 e. The van der Waals surface area contributed by atoms with E-state index >= 15 is 0 Å². The number of carbonyl (C=O) groups excluding carboxylic acids is 1. The van der Waals surface area contributed by atoms with E-state index in [1.165, 1.54) is 12.1 Å². The highest BCUT2D eigenvalue weighted by Gasteiger charge is 2.29. The van der Waals surface area contributed by atoms with Crippen molar-refractivity contribution in [1.82, 2.24) is 39.8 Å². The number of fused-ring (bicyclic) bond motifs is 2. The highest BCUT2D eigenvalue weighted by Crippen LogP contribution is 2.33. The third kappa shape index (κ3) is 5.57. The smallest absolute Gasteiger partial charge is 0.227 e. The van der Waals surface area contributed by atoms with Gasteiger partial charge >= 0.3 is 0 Å². The van der Waals surface area contributed by atoms with Gasteiger partial charge in [-0.25, -0.2) is 27.5 Å². The molecule has 1 aliphatic rings. The lowest BCUT2D eigenvalue weighted by Crippen LogP contribution is -2.21. The molecule has 1 amide bonds. The molecule has 0 unspecified atom stereocenters. The second-order valence-electron chi connectivity index (χ2n) is 10.5. The number of hydrogen-bond donors (Lipinski definition) is 4. The molecular formula is C29H24FN9O3S. The van der Waals surface area contributed by atoms with Crippen LogP contribution < -0.4 is 10.0 Å². The van der Waals surface area contributed by atoms with Gasteiger partial charge in [-0.2, -0.15) is 5.10 Å². The maximum atomic E-state index is 14.6. The summed E-state index contributed by atoms with van der Waals surface area (Å²) in [5.74, 6) is 0.0313. The molecule has 0 saturated heterocycles. The average Bonchev–Trinajstić information content (AvgIpc) is 3.61. The van der Waals surface area contributed by atoms with Crippen LogP contribution in [0.3, 0.4) is 0 Å². The number of nitrogens with zero attached hydrogens (tertiary/aromatic N) is 5. The summed E-state index contributed by atoms with van der Waals surface area (Å²) >= 11 is 0. The van der Waals surface area contributed by atoms with E-state index in [1.807, 2.05) is 12.1 Å². The number of halogens is 1. The lowest BCUT2D eigenvalue weighted by molar-refractivity contribution is -0.117. The van der Waals surface area contributed by atoms with E-state index < -0.39 is 15.8 Å². The van der Waals surface area contributed by atoms with Crippen LogP contribution in [0.2, 0.25) is 0 Å². The first-order chi connectivity index (χ1) is 20.7. The zero-order valence-electron chi connectivity index (χ0n) is 22.7. The van der Waals surface area contributed by atoms with Crippen LogP contribution in [0, 0.1) is 11.7 Å². The van der Waals surface area contributed by atoms with Crippen LogP contribution in [0.5, 0.6) is 0 Å². The molecule has 5 aromatic heterocycles. The minimum atomic E-state index is -3.46. The first-order valence-electron chi connectivity index (χ1n) is 13.4. The molecule has 43 heavy (non-hydrogen) atoms. The third-order valence-corrected chi connectivity index (χ3v) is 7.77. The van der Waals surface area contributed by atoms with Crippen molar-refractivity contribution < 1.29 is 17.6 Å². The lowest BCUT2D eigenvalue weighted by atomic mass is 10.1. The number of carbonyl (C=O) groups is 1. The topological polar surface area (TPSA) is 171 Å². The van der Waals surface area contributed by atoms with Gasteiger partial charge in [-0.3, -0.25) is 19.9 Å². The van der Waals surface area contributed by atoms with Crippen molar-refractivity contribution in [3.63, 3.8) is 0 Å². The van der Waals surface area contributed by atoms with Crippen molar-refractivity contribution in [3.8, 4) is 33.9 Å². The summed E-state index contributed by atoms with van der Waals surface area (Å²) < 4.78 is 40.0. The summed E-state index contributed by atoms with van der Waals surface area (Å²) in [7, 11) is -3.46. The van der Waals surface area contributed by atoms with Gasteiger partial charge in [0.25, 0.3) is 0 Å². The van der Waals surface area contributed by atoms with Crippen LogP contribution in [0.4, 0.5) is 10.1 Å². The highest BCUT2D eigenvalue weighted by molar-refractivity contribution is 7.88. The maximum absolute atomic E-state index is 14.6. The Balaban J connectivity index is 1.25. The van der Waals surface area contributed by atoms with E-state index in [1.54, 1.807) is 36.9 Å². The predicted molar refractivity (Wildman–Crippen MR) is 158 cm³/mol. The fraction of sp³-hybridized carbons (Fsp3) is 0.172. The maximum Gasteiger partial charge on any atom is 0.227 e. The molecule has 216 valence electrons. The molecule has 5 heterocycles. The Morgan fingerprint density at radius 2 is 1.88 bits per heavy atom. The molecule has 6 aromatic rings. The summed E-state index contributed by atoms with van der Waals surface area (Å²) in [6.07, 6.45) is 9.46. The number of sulfonamides is 1. The van der Waals surface area contributed by atoms with Crippen molar-refractivity contribution in [2.45, 2.75) is 19.4 Å². The number of benzene rings is 1. The SMILES string of the molecule is CS(=O)(=O)NCc1cc(F)cc(-c2nccc3[nH]c(-c4[nH]nc5ncc(-c6cncc(NC(=O)C7CC7)c6)cc45)nc23)c1. The van der Waals surface area contributed by atoms with Gasteiger partial charge in [-0.05, 0) is 54.8 Å². The molecule has 1 fully saturated rings. The fourth-order valence-corrected chi connectivity index (χ4v) is 5.29. The Bertz CT molecular complexity index is 2160. The van der Waals surface area contributed by atoms with Gasteiger partial charge in [-0.1, -0.05) is 0 Å². The van der Waals surface area contributed by atoms with Crippen LogP contribution in [0.25, 0.3) is 56.0 Å². The Labute approximate surface area is 244 Å². The molecule has 0 spiro atoms. The van der Waals surface area contributed by atoms with Crippen LogP contribution in [-0.4, -0.2) is 55.7 Å². The molecule has 0 bridgehead atoms. The zero-order chi connectivity index (χ0) is 29.7. The summed E-state index contributed by atoms with van der Waals surface area (Å²) in [6.45, 7) is -0.0633. The summed E-state index contributed by atoms with van der Waals surface area (Å²) in [5.41, 5.74) is 5.73. The number of nitrogens with one attached hydrogen (secondary N) is 4. The van der Waals surface area contributed by atoms with Crippen molar-refractivity contribution in [3.05, 3.63) is 72.6 Å². The van der Waals surface area contributed by atoms with Crippen LogP contribution in [0.15, 0.2) is 61.2 Å². The second-order valence-corrected chi connectivity index (χ2v) is 12.3. The van der Waals surface area contributed by atoms with Gasteiger partial charge in [0.2, 0.25) is 15.9 Å². The second kappa shape index (κ2) is 10.3. The Morgan fingerprint density at radius 3 is 2.70 bits per heavy atom. The number of aromatic amines is 2. The zero-order valence-corrected chi connectivity index (χ0v) is 23.5. The van der Waals surface area contributed by atoms with E-state index in [0.29, 0.717) is 56.1 Å². The van der Waals surface area contributed by atoms with E-state index in [-0.39, 0.29) is 18.4 Å². The molecule has 4 N–H and O–H groups in total. The van der Waals surface area contributed by atoms with Gasteiger partial charge in [0.05, 0.1) is 34.7 Å². The highest BCUT2D eigenvalue weighted by atomic mass is 32.2. The van der Waals surface area contributed by atoms with Crippen LogP contribution >= 0.6 is 0 Å². The van der Waals surface area contributed by atoms with Gasteiger partial charge in [0.1, 0.15) is 17.0 Å². The number of amides is 1. The summed E-state index contributed by atoms with van der Waals surface area (Å²) in [4.78, 5) is 33.6. The van der Waals surface area contributed by atoms with E-state index in [2.05, 4.69) is 40.2 Å². The first-order valence-corrected chi connectivity index (χ1v) is 15.3. The van der Waals surface area contributed by atoms with Crippen molar-refractivity contribution in [2.24, 2.45) is 5.92 Å². The first kappa shape index (κ1) is 26.8. The van der Waals surface area contributed by atoms with Crippen molar-refractivity contribution in [1.29, 1.82) is 0 Å². The molecular weight excluding hydrogens is 573 g/mol. The molecule has 14 heteroatoms.